The van der Waals surface area contributed by atoms with Crippen molar-refractivity contribution in [1.82, 2.24) is 0 Å². The van der Waals surface area contributed by atoms with Gasteiger partial charge in [0.05, 0.1) is 15.9 Å². The highest BCUT2D eigenvalue weighted by atomic mass is 16.6. The number of aromatic hydroxyl groups is 1. The molecule has 0 saturated carbocycles. The Morgan fingerprint density at radius 3 is 2.65 bits per heavy atom. The Morgan fingerprint density at radius 1 is 1.23 bits per heavy atom. The SMILES string of the molecule is CC(=O)C[C@@H](c1cccc([N+](=O)[O-])c1)c1c(O)c2ccccc2oc1=O. The van der Waals surface area contributed by atoms with E-state index in [1.54, 1.807) is 30.3 Å². The van der Waals surface area contributed by atoms with Gasteiger partial charge in [-0.2, -0.15) is 0 Å². The molecule has 1 aromatic heterocycles. The van der Waals surface area contributed by atoms with Gasteiger partial charge in [0.2, 0.25) is 0 Å². The molecule has 0 bridgehead atoms. The van der Waals surface area contributed by atoms with Crippen molar-refractivity contribution in [2.75, 3.05) is 0 Å². The van der Waals surface area contributed by atoms with Crippen molar-refractivity contribution in [1.29, 1.82) is 0 Å². The third kappa shape index (κ3) is 3.19. The monoisotopic (exact) mass is 353 g/mol. The lowest BCUT2D eigenvalue weighted by Crippen LogP contribution is -2.16. The van der Waals surface area contributed by atoms with Crippen LogP contribution in [0, 0.1) is 10.1 Å². The summed E-state index contributed by atoms with van der Waals surface area (Å²) in [5.74, 6) is -1.36. The van der Waals surface area contributed by atoms with Crippen LogP contribution in [0.5, 0.6) is 5.75 Å². The number of nitrogens with zero attached hydrogens (tertiary/aromatic N) is 1. The smallest absolute Gasteiger partial charge is 0.343 e. The van der Waals surface area contributed by atoms with Gasteiger partial charge in [0, 0.05) is 24.5 Å². The van der Waals surface area contributed by atoms with Gasteiger partial charge in [0.15, 0.2) is 0 Å². The van der Waals surface area contributed by atoms with Gasteiger partial charge in [0.1, 0.15) is 17.1 Å². The van der Waals surface area contributed by atoms with E-state index in [0.29, 0.717) is 10.9 Å². The first-order chi connectivity index (χ1) is 12.4. The lowest BCUT2D eigenvalue weighted by Gasteiger charge is -2.17. The summed E-state index contributed by atoms with van der Waals surface area (Å²) in [6.07, 6.45) is -0.0994. The average molecular weight is 353 g/mol. The molecule has 1 atom stereocenters. The van der Waals surface area contributed by atoms with E-state index in [4.69, 9.17) is 4.42 Å². The summed E-state index contributed by atoms with van der Waals surface area (Å²) >= 11 is 0. The fourth-order valence-corrected chi connectivity index (χ4v) is 2.98. The number of para-hydroxylation sites is 1. The number of hydrogen-bond donors (Lipinski definition) is 1. The molecule has 0 radical (unpaired) electrons. The topological polar surface area (TPSA) is 111 Å². The minimum Gasteiger partial charge on any atom is -0.507 e. The summed E-state index contributed by atoms with van der Waals surface area (Å²) in [7, 11) is 0. The highest BCUT2D eigenvalue weighted by molar-refractivity contribution is 5.85. The number of non-ortho nitro benzene ring substituents is 1. The number of fused-ring (bicyclic) bond motifs is 1. The number of benzene rings is 2. The molecule has 2 aromatic carbocycles. The fourth-order valence-electron chi connectivity index (χ4n) is 2.98. The molecular formula is C19H15NO6. The molecule has 0 aliphatic heterocycles. The first kappa shape index (κ1) is 17.3. The van der Waals surface area contributed by atoms with Crippen molar-refractivity contribution < 1.29 is 19.2 Å². The Morgan fingerprint density at radius 2 is 1.96 bits per heavy atom. The van der Waals surface area contributed by atoms with E-state index in [0.717, 1.165) is 0 Å². The summed E-state index contributed by atoms with van der Waals surface area (Å²) in [6, 6.07) is 12.1. The maximum Gasteiger partial charge on any atom is 0.343 e. The van der Waals surface area contributed by atoms with E-state index in [1.807, 2.05) is 0 Å². The summed E-state index contributed by atoms with van der Waals surface area (Å²) in [4.78, 5) is 34.7. The minimum absolute atomic E-state index is 0.0839. The zero-order valence-electron chi connectivity index (χ0n) is 13.8. The summed E-state index contributed by atoms with van der Waals surface area (Å²) in [5.41, 5.74) is -0.425. The van der Waals surface area contributed by atoms with Crippen LogP contribution in [0.2, 0.25) is 0 Å². The van der Waals surface area contributed by atoms with Gasteiger partial charge in [-0.1, -0.05) is 24.3 Å². The lowest BCUT2D eigenvalue weighted by atomic mass is 9.87. The van der Waals surface area contributed by atoms with Crippen LogP contribution >= 0.6 is 0 Å². The molecule has 1 N–H and O–H groups in total. The second-order valence-corrected chi connectivity index (χ2v) is 5.96. The second kappa shape index (κ2) is 6.79. The van der Waals surface area contributed by atoms with E-state index in [2.05, 4.69) is 0 Å². The third-order valence-corrected chi connectivity index (χ3v) is 4.14. The molecule has 0 amide bonds. The molecule has 0 spiro atoms. The molecule has 3 aromatic rings. The van der Waals surface area contributed by atoms with Crippen LogP contribution in [-0.4, -0.2) is 15.8 Å². The first-order valence-electron chi connectivity index (χ1n) is 7.87. The van der Waals surface area contributed by atoms with Crippen LogP contribution in [-0.2, 0) is 4.79 Å². The predicted octanol–water partition coefficient (Wildman–Crippen LogP) is 3.52. The van der Waals surface area contributed by atoms with Crippen molar-refractivity contribution in [3.8, 4) is 5.75 Å². The van der Waals surface area contributed by atoms with Gasteiger partial charge < -0.3 is 9.52 Å². The minimum atomic E-state index is -0.853. The van der Waals surface area contributed by atoms with Crippen molar-refractivity contribution >= 4 is 22.4 Å². The molecular weight excluding hydrogens is 338 g/mol. The highest BCUT2D eigenvalue weighted by Gasteiger charge is 2.27. The summed E-state index contributed by atoms with van der Waals surface area (Å²) in [6.45, 7) is 1.35. The van der Waals surface area contributed by atoms with Crippen LogP contribution < -0.4 is 5.63 Å². The Balaban J connectivity index is 2.26. The fraction of sp³-hybridized carbons (Fsp3) is 0.158. The maximum absolute atomic E-state index is 12.5. The normalized spacial score (nSPS) is 12.0. The first-order valence-corrected chi connectivity index (χ1v) is 7.87. The van der Waals surface area contributed by atoms with Crippen molar-refractivity contribution in [3.05, 3.63) is 80.2 Å². The number of nitro groups is 1. The Hall–Kier alpha value is -3.48. The van der Waals surface area contributed by atoms with Gasteiger partial charge in [0.25, 0.3) is 5.69 Å². The predicted molar refractivity (Wildman–Crippen MR) is 94.4 cm³/mol. The maximum atomic E-state index is 12.5. The molecule has 0 unspecified atom stereocenters. The number of hydrogen-bond acceptors (Lipinski definition) is 6. The zero-order chi connectivity index (χ0) is 18.8. The quantitative estimate of drug-likeness (QED) is 0.427. The zero-order valence-corrected chi connectivity index (χ0v) is 13.8. The number of rotatable bonds is 5. The van der Waals surface area contributed by atoms with Crippen LogP contribution in [0.4, 0.5) is 5.69 Å². The molecule has 3 rings (SSSR count). The van der Waals surface area contributed by atoms with Crippen LogP contribution in [0.25, 0.3) is 11.0 Å². The van der Waals surface area contributed by atoms with Crippen molar-refractivity contribution in [2.24, 2.45) is 0 Å². The number of carbonyl (C=O) groups is 1. The lowest BCUT2D eigenvalue weighted by molar-refractivity contribution is -0.384. The molecule has 0 saturated heterocycles. The van der Waals surface area contributed by atoms with Crippen LogP contribution in [0.15, 0.2) is 57.7 Å². The number of ketones is 1. The van der Waals surface area contributed by atoms with Crippen LogP contribution in [0.1, 0.15) is 30.4 Å². The molecule has 1 heterocycles. The van der Waals surface area contributed by atoms with Gasteiger partial charge >= 0.3 is 5.63 Å². The molecule has 132 valence electrons. The van der Waals surface area contributed by atoms with Crippen molar-refractivity contribution in [2.45, 2.75) is 19.3 Å². The molecule has 0 fully saturated rings. The molecule has 0 aliphatic rings. The second-order valence-electron chi connectivity index (χ2n) is 5.96. The van der Waals surface area contributed by atoms with E-state index in [-0.39, 0.29) is 34.8 Å². The van der Waals surface area contributed by atoms with Crippen LogP contribution in [0.3, 0.4) is 0 Å². The van der Waals surface area contributed by atoms with E-state index in [1.165, 1.54) is 25.1 Å². The Bertz CT molecular complexity index is 1070. The summed E-state index contributed by atoms with van der Waals surface area (Å²) in [5, 5.41) is 22.0. The van der Waals surface area contributed by atoms with Crippen molar-refractivity contribution in [3.63, 3.8) is 0 Å². The largest absolute Gasteiger partial charge is 0.507 e. The molecule has 7 nitrogen and oxygen atoms in total. The van der Waals surface area contributed by atoms with Gasteiger partial charge in [-0.15, -0.1) is 0 Å². The number of Topliss-reactive ketones (excluding diaryl/α,β-unsaturated/α-hetero) is 1. The molecule has 7 heteroatoms. The third-order valence-electron chi connectivity index (χ3n) is 4.14. The van der Waals surface area contributed by atoms with Gasteiger partial charge in [-0.25, -0.2) is 4.79 Å². The van der Waals surface area contributed by atoms with E-state index >= 15 is 0 Å². The highest BCUT2D eigenvalue weighted by Crippen LogP contribution is 2.36. The van der Waals surface area contributed by atoms with Gasteiger partial charge in [-0.05, 0) is 24.6 Å². The number of carbonyl (C=O) groups excluding carboxylic acids is 1. The number of nitro benzene ring substituents is 1. The molecule has 0 aliphatic carbocycles. The van der Waals surface area contributed by atoms with E-state index in [9.17, 15) is 24.8 Å². The Labute approximate surface area is 147 Å². The van der Waals surface area contributed by atoms with E-state index < -0.39 is 16.5 Å². The summed E-state index contributed by atoms with van der Waals surface area (Å²) < 4.78 is 5.27. The van der Waals surface area contributed by atoms with Gasteiger partial charge in [-0.3, -0.25) is 14.9 Å². The average Bonchev–Trinajstić information content (AvgIpc) is 2.60. The molecule has 26 heavy (non-hydrogen) atoms. The Kier molecular flexibility index (Phi) is 4.53. The standard InChI is InChI=1S/C19H15NO6/c1-11(21)9-15(12-5-4-6-13(10-12)20(24)25)17-18(22)14-7-2-3-8-16(14)26-19(17)23/h2-8,10,15,22H,9H2,1H3/t15-/m0/s1.